The molecule has 0 radical (unpaired) electrons. The Labute approximate surface area is 160 Å². The van der Waals surface area contributed by atoms with Gasteiger partial charge in [0.15, 0.2) is 6.29 Å². The summed E-state index contributed by atoms with van der Waals surface area (Å²) in [6.07, 6.45) is -9.96. The third-order valence-electron chi connectivity index (χ3n) is 5.82. The maximum absolute atomic E-state index is 12.0. The molecule has 2 fully saturated rings. The van der Waals surface area contributed by atoms with Crippen molar-refractivity contribution < 1.29 is 54.4 Å². The van der Waals surface area contributed by atoms with Crippen LogP contribution in [-0.4, -0.2) is 99.5 Å². The Morgan fingerprint density at radius 1 is 1.04 bits per heavy atom. The van der Waals surface area contributed by atoms with Crippen LogP contribution in [0.2, 0.25) is 0 Å². The molecule has 6 N–H and O–H groups in total. The highest BCUT2D eigenvalue weighted by molar-refractivity contribution is 5.89. The van der Waals surface area contributed by atoms with Gasteiger partial charge in [0.25, 0.3) is 0 Å². The van der Waals surface area contributed by atoms with Gasteiger partial charge in [-0.25, -0.2) is 4.79 Å². The number of esters is 1. The highest BCUT2D eigenvalue weighted by atomic mass is 16.8. The minimum Gasteiger partial charge on any atom is -0.472 e. The molecule has 2 aliphatic heterocycles. The third kappa shape index (κ3) is 3.42. The molecule has 3 rings (SSSR count). The first-order valence-corrected chi connectivity index (χ1v) is 8.98. The van der Waals surface area contributed by atoms with Crippen molar-refractivity contribution >= 4 is 5.97 Å². The fraction of sp³-hybridized carbons (Fsp3) is 0.824. The second-order valence-electron chi connectivity index (χ2n) is 7.35. The van der Waals surface area contributed by atoms with E-state index in [0.29, 0.717) is 0 Å². The fourth-order valence-corrected chi connectivity index (χ4v) is 4.16. The second-order valence-corrected chi connectivity index (χ2v) is 7.35. The lowest BCUT2D eigenvalue weighted by atomic mass is 9.82. The van der Waals surface area contributed by atoms with Gasteiger partial charge in [0.05, 0.1) is 37.8 Å². The van der Waals surface area contributed by atoms with Crippen molar-refractivity contribution in [1.82, 2.24) is 0 Å². The average molecular weight is 406 g/mol. The molecule has 0 amide bonds. The van der Waals surface area contributed by atoms with Gasteiger partial charge in [-0.05, 0) is 5.92 Å². The molecular formula is C17H26O11. The van der Waals surface area contributed by atoms with E-state index >= 15 is 0 Å². The van der Waals surface area contributed by atoms with E-state index in [-0.39, 0.29) is 5.57 Å². The van der Waals surface area contributed by atoms with E-state index in [2.05, 4.69) is 0 Å². The van der Waals surface area contributed by atoms with Crippen molar-refractivity contribution in [2.24, 2.45) is 17.8 Å². The highest BCUT2D eigenvalue weighted by Crippen LogP contribution is 2.47. The van der Waals surface area contributed by atoms with Crippen LogP contribution in [0.3, 0.4) is 0 Å². The summed E-state index contributed by atoms with van der Waals surface area (Å²) in [7, 11) is 1.18. The van der Waals surface area contributed by atoms with Gasteiger partial charge in [0, 0.05) is 11.8 Å². The van der Waals surface area contributed by atoms with Crippen LogP contribution in [0.5, 0.6) is 0 Å². The van der Waals surface area contributed by atoms with E-state index in [9.17, 15) is 35.4 Å². The standard InChI is InChI=1S/C17H26O11/c1-5-8-9(12(21)10(5)19)6(15(24)25-2)4-26-16(8)28-17-14(23)13(22)11(20)7(3-18)27-17/h4-5,7-14,16-23H,3H2,1-2H3/t5-,7-,8-,9-,10+,11-,12+,13+,14-,16+,17+/m1/s1. The molecule has 28 heavy (non-hydrogen) atoms. The monoisotopic (exact) mass is 406 g/mol. The van der Waals surface area contributed by atoms with E-state index in [0.717, 1.165) is 6.26 Å². The Kier molecular flexibility index (Phi) is 6.27. The van der Waals surface area contributed by atoms with Crippen LogP contribution in [0.1, 0.15) is 6.92 Å². The number of aliphatic hydroxyl groups excluding tert-OH is 6. The summed E-state index contributed by atoms with van der Waals surface area (Å²) in [6.45, 7) is 1.02. The van der Waals surface area contributed by atoms with Crippen molar-refractivity contribution in [1.29, 1.82) is 0 Å². The number of rotatable bonds is 4. The average Bonchev–Trinajstić information content (AvgIpc) is 2.92. The van der Waals surface area contributed by atoms with E-state index in [1.54, 1.807) is 6.92 Å². The molecule has 0 aromatic heterocycles. The van der Waals surface area contributed by atoms with Gasteiger partial charge in [-0.2, -0.15) is 0 Å². The van der Waals surface area contributed by atoms with Crippen molar-refractivity contribution in [3.8, 4) is 0 Å². The minimum atomic E-state index is -1.64. The molecule has 3 aliphatic rings. The van der Waals surface area contributed by atoms with Gasteiger partial charge in [-0.3, -0.25) is 0 Å². The first-order valence-electron chi connectivity index (χ1n) is 8.98. The molecule has 11 heteroatoms. The molecule has 0 aromatic rings. The van der Waals surface area contributed by atoms with Crippen LogP contribution in [0.25, 0.3) is 0 Å². The molecule has 11 nitrogen and oxygen atoms in total. The summed E-state index contributed by atoms with van der Waals surface area (Å²) >= 11 is 0. The summed E-state index contributed by atoms with van der Waals surface area (Å²) in [4.78, 5) is 12.0. The fourth-order valence-electron chi connectivity index (χ4n) is 4.16. The van der Waals surface area contributed by atoms with Crippen LogP contribution in [0, 0.1) is 17.8 Å². The number of carbonyl (C=O) groups is 1. The van der Waals surface area contributed by atoms with Gasteiger partial charge < -0.3 is 49.6 Å². The molecule has 1 aliphatic carbocycles. The van der Waals surface area contributed by atoms with Crippen molar-refractivity contribution in [2.75, 3.05) is 13.7 Å². The number of aliphatic hydroxyl groups is 6. The van der Waals surface area contributed by atoms with Crippen molar-refractivity contribution in [3.63, 3.8) is 0 Å². The van der Waals surface area contributed by atoms with Crippen LogP contribution in [0.15, 0.2) is 11.8 Å². The summed E-state index contributed by atoms with van der Waals surface area (Å²) < 4.78 is 21.1. The number of carbonyl (C=O) groups excluding carboxylic acids is 1. The first-order chi connectivity index (χ1) is 13.2. The molecule has 1 saturated heterocycles. The van der Waals surface area contributed by atoms with Gasteiger partial charge in [0.1, 0.15) is 24.4 Å². The number of hydrogen-bond acceptors (Lipinski definition) is 11. The van der Waals surface area contributed by atoms with Gasteiger partial charge in [-0.15, -0.1) is 0 Å². The lowest BCUT2D eigenvalue weighted by molar-refractivity contribution is -0.343. The van der Waals surface area contributed by atoms with Crippen molar-refractivity contribution in [3.05, 3.63) is 11.8 Å². The number of fused-ring (bicyclic) bond motifs is 1. The summed E-state index contributed by atoms with van der Waals surface area (Å²) in [6, 6.07) is 0. The minimum absolute atomic E-state index is 0.0389. The molecule has 1 saturated carbocycles. The molecule has 0 spiro atoms. The smallest absolute Gasteiger partial charge is 0.337 e. The van der Waals surface area contributed by atoms with E-state index in [1.165, 1.54) is 7.11 Å². The van der Waals surface area contributed by atoms with Gasteiger partial charge in [-0.1, -0.05) is 6.92 Å². The lowest BCUT2D eigenvalue weighted by Crippen LogP contribution is -2.60. The predicted molar refractivity (Wildman–Crippen MR) is 88.0 cm³/mol. The lowest BCUT2D eigenvalue weighted by Gasteiger charge is -2.43. The Morgan fingerprint density at radius 2 is 1.71 bits per heavy atom. The second kappa shape index (κ2) is 8.20. The Morgan fingerprint density at radius 3 is 2.32 bits per heavy atom. The number of ether oxygens (including phenoxy) is 4. The van der Waals surface area contributed by atoms with Crippen LogP contribution in [0.4, 0.5) is 0 Å². The van der Waals surface area contributed by atoms with E-state index < -0.39 is 79.5 Å². The zero-order valence-electron chi connectivity index (χ0n) is 15.4. The maximum atomic E-state index is 12.0. The molecule has 11 atom stereocenters. The molecular weight excluding hydrogens is 380 g/mol. The quantitative estimate of drug-likeness (QED) is 0.260. The SMILES string of the molecule is COC(=O)C1=CO[C@@H](O[C@@H]2O[C@H](CO)[C@@H](O)[C@H](O)[C@H]2O)[C@@H]2[C@@H](C)[C@H](O)[C@@H](O)[C@H]12. The number of hydrogen-bond donors (Lipinski definition) is 6. The normalized spacial score (nSPS) is 48.4. The third-order valence-corrected chi connectivity index (χ3v) is 5.82. The Balaban J connectivity index is 1.84. The molecule has 2 heterocycles. The van der Waals surface area contributed by atoms with Crippen molar-refractivity contribution in [2.45, 2.75) is 56.1 Å². The summed E-state index contributed by atoms with van der Waals surface area (Å²) in [5.41, 5.74) is 0.0389. The maximum Gasteiger partial charge on any atom is 0.337 e. The van der Waals surface area contributed by atoms with Crippen LogP contribution in [-0.2, 0) is 23.7 Å². The first kappa shape index (κ1) is 21.4. The highest BCUT2D eigenvalue weighted by Gasteiger charge is 2.57. The Bertz CT molecular complexity index is 608. The zero-order chi connectivity index (χ0) is 20.7. The van der Waals surface area contributed by atoms with Gasteiger partial charge >= 0.3 is 5.97 Å². The van der Waals surface area contributed by atoms with Gasteiger partial charge in [0.2, 0.25) is 6.29 Å². The zero-order valence-corrected chi connectivity index (χ0v) is 15.4. The summed E-state index contributed by atoms with van der Waals surface area (Å²) in [5, 5.41) is 59.9. The molecule has 0 unspecified atom stereocenters. The summed E-state index contributed by atoms with van der Waals surface area (Å²) in [5.74, 6) is -2.82. The van der Waals surface area contributed by atoms with Crippen LogP contribution >= 0.6 is 0 Å². The molecule has 160 valence electrons. The number of methoxy groups -OCH3 is 1. The molecule has 0 aromatic carbocycles. The van der Waals surface area contributed by atoms with E-state index in [1.807, 2.05) is 0 Å². The van der Waals surface area contributed by atoms with E-state index in [4.69, 9.17) is 18.9 Å². The topological polar surface area (TPSA) is 175 Å². The predicted octanol–water partition coefficient (Wildman–Crippen LogP) is -3.18. The van der Waals surface area contributed by atoms with Crippen LogP contribution < -0.4 is 0 Å². The largest absolute Gasteiger partial charge is 0.472 e. The molecule has 0 bridgehead atoms. The Hall–Kier alpha value is -1.31.